The van der Waals surface area contributed by atoms with Gasteiger partial charge in [0.25, 0.3) is 10.1 Å². The molecule has 1 N–H and O–H groups in total. The number of rotatable bonds is 7. The average molecular weight is 364 g/mol. The van der Waals surface area contributed by atoms with E-state index in [1.807, 2.05) is 0 Å². The molecule has 0 bridgehead atoms. The fourth-order valence-corrected chi connectivity index (χ4v) is 4.58. The first-order chi connectivity index (χ1) is 10.5. The van der Waals surface area contributed by atoms with Crippen LogP contribution in [0.1, 0.15) is 18.4 Å². The lowest BCUT2D eigenvalue weighted by molar-refractivity contribution is 0.0557. The highest BCUT2D eigenvalue weighted by atomic mass is 32.2. The van der Waals surface area contributed by atoms with E-state index in [0.717, 1.165) is 6.26 Å². The molecule has 7 nitrogen and oxygen atoms in total. The van der Waals surface area contributed by atoms with Crippen molar-refractivity contribution in [1.82, 2.24) is 0 Å². The zero-order valence-electron chi connectivity index (χ0n) is 12.9. The summed E-state index contributed by atoms with van der Waals surface area (Å²) in [6.45, 7) is -0.0393. The first-order valence-corrected chi connectivity index (χ1v) is 10.7. The molecule has 0 aromatic heterocycles. The number of hydrogen-bond acceptors (Lipinski definition) is 7. The number of aliphatic hydroxyl groups excluding tert-OH is 1. The molecule has 130 valence electrons. The Morgan fingerprint density at radius 2 is 1.65 bits per heavy atom. The van der Waals surface area contributed by atoms with Crippen molar-refractivity contribution in [2.24, 2.45) is 0 Å². The molecule has 1 fully saturated rings. The van der Waals surface area contributed by atoms with Gasteiger partial charge < -0.3 is 9.84 Å². The lowest BCUT2D eigenvalue weighted by Crippen LogP contribution is -2.49. The van der Waals surface area contributed by atoms with Crippen molar-refractivity contribution in [1.29, 1.82) is 0 Å². The van der Waals surface area contributed by atoms with Crippen LogP contribution in [0.2, 0.25) is 0 Å². The smallest absolute Gasteiger partial charge is 0.264 e. The van der Waals surface area contributed by atoms with Gasteiger partial charge in [-0.3, -0.25) is 4.18 Å². The van der Waals surface area contributed by atoms with Crippen LogP contribution in [-0.2, 0) is 28.9 Å². The molecule has 0 saturated heterocycles. The molecule has 23 heavy (non-hydrogen) atoms. The van der Waals surface area contributed by atoms with E-state index in [9.17, 15) is 21.9 Å². The van der Waals surface area contributed by atoms with Gasteiger partial charge in [0.05, 0.1) is 12.4 Å². The zero-order chi connectivity index (χ0) is 17.3. The molecule has 0 aliphatic heterocycles. The van der Waals surface area contributed by atoms with E-state index in [1.54, 1.807) is 24.3 Å². The number of aliphatic hydroxyl groups is 1. The van der Waals surface area contributed by atoms with E-state index >= 15 is 0 Å². The molecule has 0 heterocycles. The molecule has 1 aromatic rings. The van der Waals surface area contributed by atoms with Crippen LogP contribution in [0.15, 0.2) is 24.3 Å². The summed E-state index contributed by atoms with van der Waals surface area (Å²) in [6.07, 6.45) is 1.90. The summed E-state index contributed by atoms with van der Waals surface area (Å²) in [5, 5.41) is 9.52. The fraction of sp³-hybridized carbons (Fsp3) is 0.571. The van der Waals surface area contributed by atoms with Gasteiger partial charge in [0.15, 0.2) is 9.84 Å². The molecule has 2 rings (SSSR count). The summed E-state index contributed by atoms with van der Waals surface area (Å²) in [7, 11) is -6.84. The molecule has 0 amide bonds. The Balaban J connectivity index is 2.02. The maximum atomic E-state index is 12.1. The molecule has 1 aliphatic rings. The lowest BCUT2D eigenvalue weighted by atomic mass is 9.76. The SMILES string of the molecule is CS(=O)(=O)OCCOc1ccc(C2(S(C)(=O)=O)CC(O)C2)cc1. The Labute approximate surface area is 136 Å². The van der Waals surface area contributed by atoms with E-state index in [0.29, 0.717) is 11.3 Å². The highest BCUT2D eigenvalue weighted by Crippen LogP contribution is 2.48. The van der Waals surface area contributed by atoms with Crippen molar-refractivity contribution in [3.63, 3.8) is 0 Å². The molecule has 9 heteroatoms. The largest absolute Gasteiger partial charge is 0.491 e. The molecule has 0 radical (unpaired) electrons. The summed E-state index contributed by atoms with van der Waals surface area (Å²) < 4.78 is 54.6. The second kappa shape index (κ2) is 6.39. The van der Waals surface area contributed by atoms with Crippen molar-refractivity contribution >= 4 is 20.0 Å². The van der Waals surface area contributed by atoms with Crippen LogP contribution in [0.25, 0.3) is 0 Å². The minimum absolute atomic E-state index is 0.0579. The van der Waals surface area contributed by atoms with Crippen LogP contribution in [0.3, 0.4) is 0 Å². The zero-order valence-corrected chi connectivity index (χ0v) is 14.6. The Kier molecular flexibility index (Phi) is 5.05. The van der Waals surface area contributed by atoms with Gasteiger partial charge in [-0.2, -0.15) is 8.42 Å². The van der Waals surface area contributed by atoms with Crippen LogP contribution in [-0.4, -0.2) is 53.8 Å². The predicted molar refractivity (Wildman–Crippen MR) is 84.5 cm³/mol. The first kappa shape index (κ1) is 18.2. The second-order valence-electron chi connectivity index (χ2n) is 5.73. The first-order valence-electron chi connectivity index (χ1n) is 6.99. The normalized spacial score (nSPS) is 24.9. The highest BCUT2D eigenvalue weighted by molar-refractivity contribution is 7.91. The van der Waals surface area contributed by atoms with E-state index in [4.69, 9.17) is 4.74 Å². The quantitative estimate of drug-likeness (QED) is 0.552. The number of hydrogen-bond donors (Lipinski definition) is 1. The van der Waals surface area contributed by atoms with Gasteiger partial charge in [-0.25, -0.2) is 8.42 Å². The summed E-state index contributed by atoms with van der Waals surface area (Å²) in [6, 6.07) is 6.54. The van der Waals surface area contributed by atoms with Crippen LogP contribution in [0.4, 0.5) is 0 Å². The Morgan fingerprint density at radius 1 is 1.09 bits per heavy atom. The van der Waals surface area contributed by atoms with Gasteiger partial charge in [0, 0.05) is 6.26 Å². The minimum Gasteiger partial charge on any atom is -0.491 e. The van der Waals surface area contributed by atoms with Crippen molar-refractivity contribution in [3.05, 3.63) is 29.8 Å². The Hall–Kier alpha value is -1.16. The molecule has 0 atom stereocenters. The van der Waals surface area contributed by atoms with Crippen molar-refractivity contribution in [2.45, 2.75) is 23.7 Å². The maximum absolute atomic E-state index is 12.1. The van der Waals surface area contributed by atoms with Crippen LogP contribution in [0, 0.1) is 0 Å². The number of ether oxygens (including phenoxy) is 1. The minimum atomic E-state index is -3.49. The van der Waals surface area contributed by atoms with E-state index in [2.05, 4.69) is 4.18 Å². The van der Waals surface area contributed by atoms with E-state index in [-0.39, 0.29) is 26.1 Å². The molecule has 1 aromatic carbocycles. The Bertz CT molecular complexity index is 745. The van der Waals surface area contributed by atoms with Gasteiger partial charge >= 0.3 is 0 Å². The third-order valence-electron chi connectivity index (χ3n) is 3.87. The second-order valence-corrected chi connectivity index (χ2v) is 9.70. The van der Waals surface area contributed by atoms with Gasteiger partial charge in [0.1, 0.15) is 23.7 Å². The van der Waals surface area contributed by atoms with Crippen LogP contribution >= 0.6 is 0 Å². The molecular formula is C14H20O7S2. The van der Waals surface area contributed by atoms with Crippen LogP contribution in [0.5, 0.6) is 5.75 Å². The fourth-order valence-electron chi connectivity index (χ4n) is 2.65. The third-order valence-corrected chi connectivity index (χ3v) is 6.45. The average Bonchev–Trinajstić information content (AvgIpc) is 2.38. The van der Waals surface area contributed by atoms with Gasteiger partial charge in [-0.05, 0) is 30.5 Å². The van der Waals surface area contributed by atoms with Crippen molar-refractivity contribution in [2.75, 3.05) is 25.7 Å². The van der Waals surface area contributed by atoms with Crippen molar-refractivity contribution < 1.29 is 30.9 Å². The summed E-state index contributed by atoms with van der Waals surface area (Å²) in [4.78, 5) is 0. The third kappa shape index (κ3) is 4.23. The summed E-state index contributed by atoms with van der Waals surface area (Å²) in [5.41, 5.74) is 0.616. The van der Waals surface area contributed by atoms with Crippen molar-refractivity contribution in [3.8, 4) is 5.75 Å². The predicted octanol–water partition coefficient (Wildman–Crippen LogP) is 0.436. The number of sulfone groups is 1. The summed E-state index contributed by atoms with van der Waals surface area (Å²) in [5.74, 6) is 0.481. The van der Waals surface area contributed by atoms with Gasteiger partial charge in [-0.15, -0.1) is 0 Å². The maximum Gasteiger partial charge on any atom is 0.264 e. The van der Waals surface area contributed by atoms with Gasteiger partial charge in [0.2, 0.25) is 0 Å². The topological polar surface area (TPSA) is 107 Å². The molecule has 0 spiro atoms. The number of benzene rings is 1. The van der Waals surface area contributed by atoms with E-state index in [1.165, 1.54) is 6.26 Å². The standard InChI is InChI=1S/C14H20O7S2/c1-22(16,17)14(9-12(15)10-14)11-3-5-13(6-4-11)20-7-8-21-23(2,18)19/h3-6,12,15H,7-10H2,1-2H3. The van der Waals surface area contributed by atoms with E-state index < -0.39 is 30.8 Å². The molecule has 0 unspecified atom stereocenters. The van der Waals surface area contributed by atoms with Gasteiger partial charge in [-0.1, -0.05) is 12.1 Å². The molecule has 1 saturated carbocycles. The Morgan fingerprint density at radius 3 is 2.09 bits per heavy atom. The van der Waals surface area contributed by atoms with Crippen LogP contribution < -0.4 is 4.74 Å². The highest BCUT2D eigenvalue weighted by Gasteiger charge is 2.52. The monoisotopic (exact) mass is 364 g/mol. The lowest BCUT2D eigenvalue weighted by Gasteiger charge is -2.44. The summed E-state index contributed by atoms with van der Waals surface area (Å²) >= 11 is 0. The molecule has 1 aliphatic carbocycles. The molecular weight excluding hydrogens is 344 g/mol.